The van der Waals surface area contributed by atoms with E-state index in [0.717, 1.165) is 31.9 Å². The molecule has 6 heteroatoms. The van der Waals surface area contributed by atoms with Gasteiger partial charge in [0.25, 0.3) is 0 Å². The van der Waals surface area contributed by atoms with Crippen molar-refractivity contribution in [3.05, 3.63) is 30.3 Å². The van der Waals surface area contributed by atoms with Gasteiger partial charge in [-0.25, -0.2) is 0 Å². The molecule has 0 saturated carbocycles. The second kappa shape index (κ2) is 6.84. The van der Waals surface area contributed by atoms with Gasteiger partial charge in [0.15, 0.2) is 0 Å². The second-order valence-electron chi connectivity index (χ2n) is 4.20. The maximum absolute atomic E-state index is 4.01. The van der Waals surface area contributed by atoms with Crippen LogP contribution in [0.5, 0.6) is 0 Å². The molecule has 1 aromatic carbocycles. The first-order valence-corrected chi connectivity index (χ1v) is 6.65. The maximum Gasteiger partial charge on any atom is 0.247 e. The molecule has 0 amide bonds. The predicted octanol–water partition coefficient (Wildman–Crippen LogP) is 1.42. The van der Waals surface area contributed by atoms with Gasteiger partial charge >= 0.3 is 0 Å². The summed E-state index contributed by atoms with van der Waals surface area (Å²) in [5.74, 6) is 0.679. The fourth-order valence-electron chi connectivity index (χ4n) is 1.91. The molecule has 2 rings (SSSR count). The number of para-hydroxylation sites is 1. The molecule has 19 heavy (non-hydrogen) atoms. The smallest absolute Gasteiger partial charge is 0.247 e. The first-order chi connectivity index (χ1) is 9.35. The number of tetrazole rings is 1. The standard InChI is InChI=1S/C13H20N6/c1-3-18(4-2)11-10-14-13-15-16-17-19(13)12-8-6-5-7-9-12/h5-9H,3-4,10-11H2,1-2H3,(H,14,15,17). The van der Waals surface area contributed by atoms with Gasteiger partial charge in [-0.3, -0.25) is 0 Å². The summed E-state index contributed by atoms with van der Waals surface area (Å²) >= 11 is 0. The van der Waals surface area contributed by atoms with Crippen molar-refractivity contribution >= 4 is 5.95 Å². The Balaban J connectivity index is 1.97. The van der Waals surface area contributed by atoms with Crippen molar-refractivity contribution in [2.75, 3.05) is 31.5 Å². The van der Waals surface area contributed by atoms with Crippen LogP contribution < -0.4 is 5.32 Å². The molecule has 0 fully saturated rings. The van der Waals surface area contributed by atoms with Crippen LogP contribution in [-0.4, -0.2) is 51.3 Å². The van der Waals surface area contributed by atoms with E-state index in [1.165, 1.54) is 0 Å². The van der Waals surface area contributed by atoms with E-state index in [9.17, 15) is 0 Å². The number of hydrogen-bond donors (Lipinski definition) is 1. The van der Waals surface area contributed by atoms with Gasteiger partial charge in [-0.2, -0.15) is 4.68 Å². The minimum Gasteiger partial charge on any atom is -0.351 e. The third-order valence-electron chi connectivity index (χ3n) is 3.08. The molecular formula is C13H20N6. The van der Waals surface area contributed by atoms with Gasteiger partial charge < -0.3 is 10.2 Å². The molecule has 0 aliphatic heterocycles. The average Bonchev–Trinajstić information content (AvgIpc) is 2.93. The highest BCUT2D eigenvalue weighted by Crippen LogP contribution is 2.09. The van der Waals surface area contributed by atoms with Crippen LogP contribution in [0, 0.1) is 0 Å². The molecule has 102 valence electrons. The van der Waals surface area contributed by atoms with E-state index in [-0.39, 0.29) is 0 Å². The van der Waals surface area contributed by atoms with E-state index >= 15 is 0 Å². The number of nitrogens with one attached hydrogen (secondary N) is 1. The van der Waals surface area contributed by atoms with Crippen LogP contribution >= 0.6 is 0 Å². The highest BCUT2D eigenvalue weighted by atomic mass is 15.6. The summed E-state index contributed by atoms with van der Waals surface area (Å²) in [6, 6.07) is 9.87. The Kier molecular flexibility index (Phi) is 4.85. The van der Waals surface area contributed by atoms with Crippen molar-refractivity contribution in [3.63, 3.8) is 0 Å². The molecule has 6 nitrogen and oxygen atoms in total. The summed E-state index contributed by atoms with van der Waals surface area (Å²) in [5.41, 5.74) is 0.956. The third-order valence-corrected chi connectivity index (χ3v) is 3.08. The third kappa shape index (κ3) is 3.51. The van der Waals surface area contributed by atoms with Crippen molar-refractivity contribution < 1.29 is 0 Å². The summed E-state index contributed by atoms with van der Waals surface area (Å²) in [4.78, 5) is 2.35. The lowest BCUT2D eigenvalue weighted by atomic mass is 10.3. The molecule has 0 radical (unpaired) electrons. The summed E-state index contributed by atoms with van der Waals surface area (Å²) in [5, 5.41) is 15.0. The minimum atomic E-state index is 0.679. The van der Waals surface area contributed by atoms with Crippen molar-refractivity contribution in [1.82, 2.24) is 25.1 Å². The lowest BCUT2D eigenvalue weighted by molar-refractivity contribution is 0.315. The van der Waals surface area contributed by atoms with Crippen LogP contribution in [-0.2, 0) is 0 Å². The van der Waals surface area contributed by atoms with Crippen LogP contribution in [0.15, 0.2) is 30.3 Å². The molecule has 0 saturated heterocycles. The van der Waals surface area contributed by atoms with Gasteiger partial charge in [-0.1, -0.05) is 37.1 Å². The number of aromatic nitrogens is 4. The fourth-order valence-corrected chi connectivity index (χ4v) is 1.91. The fraction of sp³-hybridized carbons (Fsp3) is 0.462. The highest BCUT2D eigenvalue weighted by Gasteiger charge is 2.07. The molecule has 2 aromatic rings. The molecule has 0 aliphatic carbocycles. The van der Waals surface area contributed by atoms with Gasteiger partial charge in [0.05, 0.1) is 5.69 Å². The number of rotatable bonds is 7. The van der Waals surface area contributed by atoms with E-state index in [2.05, 4.69) is 39.6 Å². The normalized spacial score (nSPS) is 10.9. The molecule has 1 aromatic heterocycles. The zero-order chi connectivity index (χ0) is 13.5. The highest BCUT2D eigenvalue weighted by molar-refractivity contribution is 5.38. The van der Waals surface area contributed by atoms with Crippen molar-refractivity contribution in [3.8, 4) is 5.69 Å². The number of likely N-dealkylation sites (N-methyl/N-ethyl adjacent to an activating group) is 1. The first kappa shape index (κ1) is 13.5. The van der Waals surface area contributed by atoms with Crippen molar-refractivity contribution in [2.45, 2.75) is 13.8 Å². The lowest BCUT2D eigenvalue weighted by Gasteiger charge is -2.17. The van der Waals surface area contributed by atoms with E-state index in [1.54, 1.807) is 4.68 Å². The summed E-state index contributed by atoms with van der Waals surface area (Å²) < 4.78 is 1.71. The molecular weight excluding hydrogens is 240 g/mol. The van der Waals surface area contributed by atoms with Crippen LogP contribution in [0.2, 0.25) is 0 Å². The van der Waals surface area contributed by atoms with Gasteiger partial charge in [0.2, 0.25) is 5.95 Å². The Morgan fingerprint density at radius 2 is 1.89 bits per heavy atom. The maximum atomic E-state index is 4.01. The van der Waals surface area contributed by atoms with E-state index in [4.69, 9.17) is 0 Å². The molecule has 0 spiro atoms. The van der Waals surface area contributed by atoms with Crippen LogP contribution in [0.3, 0.4) is 0 Å². The Labute approximate surface area is 113 Å². The monoisotopic (exact) mass is 260 g/mol. The van der Waals surface area contributed by atoms with E-state index in [0.29, 0.717) is 5.95 Å². The Bertz CT molecular complexity index is 477. The van der Waals surface area contributed by atoms with E-state index in [1.807, 2.05) is 30.3 Å². The quantitative estimate of drug-likeness (QED) is 0.816. The van der Waals surface area contributed by atoms with Crippen LogP contribution in [0.1, 0.15) is 13.8 Å². The minimum absolute atomic E-state index is 0.679. The molecule has 0 aliphatic rings. The summed E-state index contributed by atoms with van der Waals surface area (Å²) in [6.07, 6.45) is 0. The molecule has 0 bridgehead atoms. The molecule has 1 N–H and O–H groups in total. The van der Waals surface area contributed by atoms with Crippen LogP contribution in [0.25, 0.3) is 5.69 Å². The largest absolute Gasteiger partial charge is 0.351 e. The zero-order valence-electron chi connectivity index (χ0n) is 11.5. The topological polar surface area (TPSA) is 58.9 Å². The Morgan fingerprint density at radius 1 is 1.16 bits per heavy atom. The number of nitrogens with zero attached hydrogens (tertiary/aromatic N) is 5. The molecule has 1 heterocycles. The zero-order valence-corrected chi connectivity index (χ0v) is 11.5. The SMILES string of the molecule is CCN(CC)CCNc1nnnn1-c1ccccc1. The van der Waals surface area contributed by atoms with Gasteiger partial charge in [0.1, 0.15) is 0 Å². The van der Waals surface area contributed by atoms with Crippen molar-refractivity contribution in [2.24, 2.45) is 0 Å². The summed E-state index contributed by atoms with van der Waals surface area (Å²) in [6.45, 7) is 8.25. The molecule has 0 atom stereocenters. The van der Waals surface area contributed by atoms with E-state index < -0.39 is 0 Å². The van der Waals surface area contributed by atoms with Crippen LogP contribution in [0.4, 0.5) is 5.95 Å². The van der Waals surface area contributed by atoms with Gasteiger partial charge in [-0.15, -0.1) is 0 Å². The average molecular weight is 260 g/mol. The van der Waals surface area contributed by atoms with Gasteiger partial charge in [-0.05, 0) is 35.6 Å². The number of anilines is 1. The lowest BCUT2D eigenvalue weighted by Crippen LogP contribution is -2.29. The molecule has 0 unspecified atom stereocenters. The summed E-state index contributed by atoms with van der Waals surface area (Å²) in [7, 11) is 0. The number of benzene rings is 1. The van der Waals surface area contributed by atoms with Gasteiger partial charge in [0, 0.05) is 13.1 Å². The van der Waals surface area contributed by atoms with Crippen molar-refractivity contribution in [1.29, 1.82) is 0 Å². The Morgan fingerprint density at radius 3 is 2.58 bits per heavy atom. The first-order valence-electron chi connectivity index (χ1n) is 6.65. The number of hydrogen-bond acceptors (Lipinski definition) is 5. The predicted molar refractivity (Wildman–Crippen MR) is 75.4 cm³/mol. The second-order valence-corrected chi connectivity index (χ2v) is 4.20. The Hall–Kier alpha value is -1.95.